The lowest BCUT2D eigenvalue weighted by molar-refractivity contribution is -0.138. The van der Waals surface area contributed by atoms with Gasteiger partial charge in [0.25, 0.3) is 10.0 Å². The topological polar surface area (TPSA) is 79.8 Å². The van der Waals surface area contributed by atoms with Crippen molar-refractivity contribution in [2.45, 2.75) is 17.9 Å². The van der Waals surface area contributed by atoms with Gasteiger partial charge in [0.2, 0.25) is 5.91 Å². The van der Waals surface area contributed by atoms with Crippen LogP contribution in [0.3, 0.4) is 0 Å². The van der Waals surface area contributed by atoms with Crippen LogP contribution in [0.1, 0.15) is 12.8 Å². The molecule has 4 heterocycles. The molecule has 1 atom stereocenters. The fraction of sp³-hybridized carbons (Fsp3) is 0.529. The zero-order chi connectivity index (χ0) is 17.4. The molecule has 1 fully saturated rings. The molecule has 1 aromatic heterocycles. The maximum absolute atomic E-state index is 12.7. The molecule has 1 aromatic rings. The van der Waals surface area contributed by atoms with Crippen molar-refractivity contribution in [3.05, 3.63) is 35.5 Å². The van der Waals surface area contributed by atoms with Crippen LogP contribution in [0.15, 0.2) is 40.6 Å². The number of nitrogens with zero attached hydrogens (tertiary/aromatic N) is 3. The molecule has 3 aliphatic heterocycles. The molecule has 0 bridgehead atoms. The van der Waals surface area contributed by atoms with Gasteiger partial charge in [0.1, 0.15) is 0 Å². The van der Waals surface area contributed by atoms with Gasteiger partial charge in [0.15, 0.2) is 5.03 Å². The summed E-state index contributed by atoms with van der Waals surface area (Å²) < 4.78 is 32.2. The summed E-state index contributed by atoms with van der Waals surface area (Å²) >= 11 is 0. The van der Waals surface area contributed by atoms with Crippen LogP contribution in [-0.2, 0) is 19.6 Å². The minimum atomic E-state index is -3.58. The molecule has 1 unspecified atom stereocenters. The second-order valence-electron chi connectivity index (χ2n) is 6.76. The van der Waals surface area contributed by atoms with Gasteiger partial charge in [0.05, 0.1) is 12.5 Å². The highest BCUT2D eigenvalue weighted by molar-refractivity contribution is 7.89. The van der Waals surface area contributed by atoms with Crippen LogP contribution in [0, 0.1) is 5.92 Å². The molecule has 0 saturated carbocycles. The second-order valence-corrected chi connectivity index (χ2v) is 8.64. The normalized spacial score (nSPS) is 24.6. The van der Waals surface area contributed by atoms with Crippen molar-refractivity contribution in [1.29, 1.82) is 0 Å². The van der Waals surface area contributed by atoms with Crippen LogP contribution < -0.4 is 0 Å². The SMILES string of the molecule is O=C(C1CCCOC1)N1CC2=C(C1)CN(S(=O)(=O)c1ccccn1)C2. The number of hydrogen-bond acceptors (Lipinski definition) is 5. The predicted octanol–water partition coefficient (Wildman–Crippen LogP) is 0.651. The molecule has 0 spiro atoms. The number of ether oxygens (including phenoxy) is 1. The number of amides is 1. The van der Waals surface area contributed by atoms with Gasteiger partial charge in [-0.15, -0.1) is 0 Å². The van der Waals surface area contributed by atoms with Crippen LogP contribution in [0.4, 0.5) is 0 Å². The Morgan fingerprint density at radius 3 is 2.52 bits per heavy atom. The Labute approximate surface area is 147 Å². The third-order valence-corrected chi connectivity index (χ3v) is 6.77. The van der Waals surface area contributed by atoms with Crippen molar-refractivity contribution in [3.63, 3.8) is 0 Å². The highest BCUT2D eigenvalue weighted by Gasteiger charge is 2.39. The van der Waals surface area contributed by atoms with Crippen molar-refractivity contribution in [1.82, 2.24) is 14.2 Å². The molecular weight excluding hydrogens is 342 g/mol. The molecule has 1 saturated heterocycles. The Hall–Kier alpha value is -1.77. The van der Waals surface area contributed by atoms with Crippen LogP contribution >= 0.6 is 0 Å². The summed E-state index contributed by atoms with van der Waals surface area (Å²) in [4.78, 5) is 18.4. The van der Waals surface area contributed by atoms with Gasteiger partial charge in [-0.2, -0.15) is 4.31 Å². The number of carbonyl (C=O) groups is 1. The van der Waals surface area contributed by atoms with Crippen molar-refractivity contribution >= 4 is 15.9 Å². The van der Waals surface area contributed by atoms with E-state index in [2.05, 4.69) is 4.98 Å². The van der Waals surface area contributed by atoms with Gasteiger partial charge in [-0.1, -0.05) is 6.07 Å². The molecule has 3 aliphatic rings. The lowest BCUT2D eigenvalue weighted by Crippen LogP contribution is -2.41. The maximum atomic E-state index is 12.7. The zero-order valence-corrected chi connectivity index (χ0v) is 14.7. The Kier molecular flexibility index (Phi) is 4.35. The number of rotatable bonds is 3. The summed E-state index contributed by atoms with van der Waals surface area (Å²) in [7, 11) is -3.58. The minimum Gasteiger partial charge on any atom is -0.381 e. The highest BCUT2D eigenvalue weighted by atomic mass is 32.2. The Balaban J connectivity index is 1.40. The third-order valence-electron chi connectivity index (χ3n) is 5.06. The first-order chi connectivity index (χ1) is 12.1. The highest BCUT2D eigenvalue weighted by Crippen LogP contribution is 2.30. The molecule has 0 radical (unpaired) electrons. The monoisotopic (exact) mass is 363 g/mol. The Bertz CT molecular complexity index is 782. The van der Waals surface area contributed by atoms with E-state index < -0.39 is 10.0 Å². The van der Waals surface area contributed by atoms with Gasteiger partial charge in [-0.25, -0.2) is 13.4 Å². The largest absolute Gasteiger partial charge is 0.381 e. The fourth-order valence-corrected chi connectivity index (χ4v) is 5.06. The van der Waals surface area contributed by atoms with Gasteiger partial charge in [-0.3, -0.25) is 4.79 Å². The molecule has 8 heteroatoms. The molecule has 25 heavy (non-hydrogen) atoms. The molecule has 4 rings (SSSR count). The number of sulfonamides is 1. The van der Waals surface area contributed by atoms with E-state index in [0.29, 0.717) is 32.8 Å². The maximum Gasteiger partial charge on any atom is 0.261 e. The summed E-state index contributed by atoms with van der Waals surface area (Å²) in [5.41, 5.74) is 2.09. The Morgan fingerprint density at radius 1 is 1.16 bits per heavy atom. The smallest absolute Gasteiger partial charge is 0.261 e. The molecule has 7 nitrogen and oxygen atoms in total. The summed E-state index contributed by atoms with van der Waals surface area (Å²) in [5, 5.41) is 0.0726. The van der Waals surface area contributed by atoms with Crippen LogP contribution in [0.2, 0.25) is 0 Å². The summed E-state index contributed by atoms with van der Waals surface area (Å²) in [6, 6.07) is 4.88. The van der Waals surface area contributed by atoms with E-state index in [4.69, 9.17) is 4.74 Å². The van der Waals surface area contributed by atoms with E-state index in [1.165, 1.54) is 16.6 Å². The van der Waals surface area contributed by atoms with Crippen molar-refractivity contribution in [2.75, 3.05) is 39.4 Å². The molecule has 134 valence electrons. The van der Waals surface area contributed by atoms with Crippen LogP contribution in [-0.4, -0.2) is 67.9 Å². The number of hydrogen-bond donors (Lipinski definition) is 0. The molecule has 1 amide bonds. The van der Waals surface area contributed by atoms with E-state index in [9.17, 15) is 13.2 Å². The van der Waals surface area contributed by atoms with E-state index >= 15 is 0 Å². The van der Waals surface area contributed by atoms with Gasteiger partial charge in [0, 0.05) is 39.0 Å². The summed E-state index contributed by atoms with van der Waals surface area (Å²) in [6.45, 7) is 2.98. The molecular formula is C17H21N3O4S. The van der Waals surface area contributed by atoms with Gasteiger partial charge in [-0.05, 0) is 36.1 Å². The number of aromatic nitrogens is 1. The van der Waals surface area contributed by atoms with E-state index in [-0.39, 0.29) is 16.9 Å². The van der Waals surface area contributed by atoms with Crippen LogP contribution in [0.25, 0.3) is 0 Å². The first kappa shape index (κ1) is 16.7. The summed E-state index contributed by atoms with van der Waals surface area (Å²) in [5.74, 6) is 0.0790. The quantitative estimate of drug-likeness (QED) is 0.737. The minimum absolute atomic E-state index is 0.0536. The zero-order valence-electron chi connectivity index (χ0n) is 13.9. The van der Waals surface area contributed by atoms with E-state index in [1.807, 2.05) is 4.90 Å². The lowest BCUT2D eigenvalue weighted by Gasteiger charge is -2.28. The van der Waals surface area contributed by atoms with Crippen molar-refractivity contribution < 1.29 is 17.9 Å². The van der Waals surface area contributed by atoms with Crippen molar-refractivity contribution in [2.24, 2.45) is 5.92 Å². The third kappa shape index (κ3) is 3.09. The fourth-order valence-electron chi connectivity index (χ4n) is 3.70. The average molecular weight is 363 g/mol. The Morgan fingerprint density at radius 2 is 1.92 bits per heavy atom. The van der Waals surface area contributed by atoms with Gasteiger partial charge >= 0.3 is 0 Å². The van der Waals surface area contributed by atoms with Gasteiger partial charge < -0.3 is 9.64 Å². The first-order valence-electron chi connectivity index (χ1n) is 8.53. The lowest BCUT2D eigenvalue weighted by atomic mass is 10.0. The second kappa shape index (κ2) is 6.51. The number of carbonyl (C=O) groups excluding carboxylic acids is 1. The molecule has 0 aliphatic carbocycles. The van der Waals surface area contributed by atoms with E-state index in [0.717, 1.165) is 30.6 Å². The molecule has 0 aromatic carbocycles. The van der Waals surface area contributed by atoms with Crippen LogP contribution in [0.5, 0.6) is 0 Å². The standard InChI is InChI=1S/C17H21N3O4S/c21-17(13-4-3-7-24-12-13)19-8-14-10-20(11-15(14)9-19)25(22,23)16-5-1-2-6-18-16/h1-2,5-6,13H,3-4,7-12H2. The number of pyridine rings is 1. The first-order valence-corrected chi connectivity index (χ1v) is 9.97. The predicted molar refractivity (Wildman–Crippen MR) is 90.1 cm³/mol. The molecule has 0 N–H and O–H groups in total. The van der Waals surface area contributed by atoms with Crippen molar-refractivity contribution in [3.8, 4) is 0 Å². The summed E-state index contributed by atoms with van der Waals surface area (Å²) in [6.07, 6.45) is 3.28. The van der Waals surface area contributed by atoms with E-state index in [1.54, 1.807) is 12.1 Å². The average Bonchev–Trinajstić information content (AvgIpc) is 3.22.